The molecule has 1 saturated heterocycles. The Balaban J connectivity index is 1.75. The summed E-state index contributed by atoms with van der Waals surface area (Å²) >= 11 is 0. The Morgan fingerprint density at radius 3 is 2.52 bits per heavy atom. The first kappa shape index (κ1) is 17.1. The third-order valence-corrected chi connectivity index (χ3v) is 4.44. The zero-order valence-corrected chi connectivity index (χ0v) is 14.9. The minimum absolute atomic E-state index is 0.174. The molecule has 1 fully saturated rings. The number of carbonyl (C=O) groups excluding carboxylic acids is 1. The van der Waals surface area contributed by atoms with Crippen LogP contribution in [-0.4, -0.2) is 26.7 Å². The predicted molar refractivity (Wildman–Crippen MR) is 96.6 cm³/mol. The van der Waals surface area contributed by atoms with Gasteiger partial charge in [0.15, 0.2) is 11.5 Å². The number of anilines is 1. The number of nitrogens with zero attached hydrogens (tertiary/aromatic N) is 1. The molecule has 3 rings (SSSR count). The van der Waals surface area contributed by atoms with Crippen LogP contribution in [0.5, 0.6) is 17.2 Å². The molecule has 5 nitrogen and oxygen atoms in total. The molecule has 1 heterocycles. The lowest BCUT2D eigenvalue weighted by Crippen LogP contribution is -2.23. The number of hydrogen-bond donors (Lipinski definition) is 0. The second-order valence-electron chi connectivity index (χ2n) is 6.07. The number of carbonyl (C=O) groups is 1. The fourth-order valence-electron chi connectivity index (χ4n) is 3.00. The van der Waals surface area contributed by atoms with Crippen LogP contribution >= 0.6 is 0 Å². The lowest BCUT2D eigenvalue weighted by Gasteiger charge is -2.17. The smallest absolute Gasteiger partial charge is 0.227 e. The van der Waals surface area contributed by atoms with Gasteiger partial charge in [-0.1, -0.05) is 6.07 Å². The summed E-state index contributed by atoms with van der Waals surface area (Å²) in [4.78, 5) is 13.7. The quantitative estimate of drug-likeness (QED) is 0.803. The minimum Gasteiger partial charge on any atom is -0.493 e. The molecular formula is C20H23NO4. The summed E-state index contributed by atoms with van der Waals surface area (Å²) in [5.74, 6) is 2.31. The van der Waals surface area contributed by atoms with E-state index < -0.39 is 0 Å². The lowest BCUT2D eigenvalue weighted by molar-refractivity contribution is -0.117. The first-order chi connectivity index (χ1) is 12.1. The van der Waals surface area contributed by atoms with Gasteiger partial charge in [-0.25, -0.2) is 0 Å². The fourth-order valence-corrected chi connectivity index (χ4v) is 3.00. The van der Waals surface area contributed by atoms with Crippen molar-refractivity contribution in [2.24, 2.45) is 0 Å². The molecule has 0 spiro atoms. The van der Waals surface area contributed by atoms with Gasteiger partial charge in [-0.15, -0.1) is 0 Å². The molecular weight excluding hydrogens is 318 g/mol. The van der Waals surface area contributed by atoms with Crippen LogP contribution in [0.2, 0.25) is 0 Å². The van der Waals surface area contributed by atoms with Crippen LogP contribution in [0.4, 0.5) is 5.69 Å². The van der Waals surface area contributed by atoms with Crippen LogP contribution < -0.4 is 19.1 Å². The Kier molecular flexibility index (Phi) is 5.12. The molecule has 2 aromatic carbocycles. The van der Waals surface area contributed by atoms with Crippen LogP contribution in [-0.2, 0) is 11.4 Å². The van der Waals surface area contributed by atoms with Crippen LogP contribution in [0.3, 0.4) is 0 Å². The molecule has 1 aliphatic rings. The zero-order valence-electron chi connectivity index (χ0n) is 14.9. The van der Waals surface area contributed by atoms with E-state index in [1.807, 2.05) is 48.2 Å². The Labute approximate surface area is 148 Å². The van der Waals surface area contributed by atoms with Crippen molar-refractivity contribution < 1.29 is 19.0 Å². The van der Waals surface area contributed by atoms with Crippen molar-refractivity contribution in [2.75, 3.05) is 25.7 Å². The van der Waals surface area contributed by atoms with E-state index in [1.165, 1.54) is 0 Å². The van der Waals surface area contributed by atoms with E-state index in [-0.39, 0.29) is 5.91 Å². The summed E-state index contributed by atoms with van der Waals surface area (Å²) in [6.45, 7) is 3.21. The van der Waals surface area contributed by atoms with Crippen LogP contribution in [0.1, 0.15) is 24.0 Å². The highest BCUT2D eigenvalue weighted by Crippen LogP contribution is 2.31. The van der Waals surface area contributed by atoms with Gasteiger partial charge in [0.2, 0.25) is 5.91 Å². The number of methoxy groups -OCH3 is 2. The largest absolute Gasteiger partial charge is 0.493 e. The fraction of sp³-hybridized carbons (Fsp3) is 0.350. The highest BCUT2D eigenvalue weighted by molar-refractivity contribution is 5.95. The first-order valence-corrected chi connectivity index (χ1v) is 8.37. The van der Waals surface area contributed by atoms with Crippen molar-refractivity contribution in [3.63, 3.8) is 0 Å². The number of hydrogen-bond acceptors (Lipinski definition) is 4. The topological polar surface area (TPSA) is 48.0 Å². The minimum atomic E-state index is 0.174. The predicted octanol–water partition coefficient (Wildman–Crippen LogP) is 3.72. The molecule has 0 atom stereocenters. The van der Waals surface area contributed by atoms with Gasteiger partial charge in [-0.05, 0) is 48.7 Å². The standard InChI is InChI=1S/C20H23NO4/c1-14-10-18(23-2)19(24-3)11-15(14)13-25-17-7-4-6-16(12-17)21-9-5-8-20(21)22/h4,6-7,10-12H,5,8-9,13H2,1-3H3. The van der Waals surface area contributed by atoms with Crippen LogP contribution in [0.15, 0.2) is 36.4 Å². The summed E-state index contributed by atoms with van der Waals surface area (Å²) in [6, 6.07) is 11.5. The molecule has 0 radical (unpaired) electrons. The molecule has 0 unspecified atom stereocenters. The molecule has 0 aromatic heterocycles. The third-order valence-electron chi connectivity index (χ3n) is 4.44. The van der Waals surface area contributed by atoms with Crippen molar-refractivity contribution in [3.8, 4) is 17.2 Å². The molecule has 0 bridgehead atoms. The van der Waals surface area contributed by atoms with Gasteiger partial charge in [-0.2, -0.15) is 0 Å². The molecule has 1 amide bonds. The van der Waals surface area contributed by atoms with Gasteiger partial charge in [0.05, 0.1) is 14.2 Å². The maximum Gasteiger partial charge on any atom is 0.227 e. The number of aryl methyl sites for hydroxylation is 1. The zero-order chi connectivity index (χ0) is 17.8. The van der Waals surface area contributed by atoms with Gasteiger partial charge in [0.25, 0.3) is 0 Å². The van der Waals surface area contributed by atoms with E-state index in [2.05, 4.69) is 0 Å². The SMILES string of the molecule is COc1cc(C)c(COc2cccc(N3CCCC3=O)c2)cc1OC. The van der Waals surface area contributed by atoms with Crippen LogP contribution in [0.25, 0.3) is 0 Å². The van der Waals surface area contributed by atoms with E-state index in [9.17, 15) is 4.79 Å². The summed E-state index contributed by atoms with van der Waals surface area (Å²) in [7, 11) is 3.24. The number of rotatable bonds is 6. The van der Waals surface area contributed by atoms with Crippen LogP contribution in [0, 0.1) is 6.92 Å². The number of amides is 1. The summed E-state index contributed by atoms with van der Waals surface area (Å²) < 4.78 is 16.6. The molecule has 0 saturated carbocycles. The second-order valence-corrected chi connectivity index (χ2v) is 6.07. The summed E-state index contributed by atoms with van der Waals surface area (Å²) in [5.41, 5.74) is 2.99. The molecule has 1 aliphatic heterocycles. The van der Waals surface area contributed by atoms with Crippen molar-refractivity contribution in [2.45, 2.75) is 26.4 Å². The van der Waals surface area contributed by atoms with Gasteiger partial charge in [-0.3, -0.25) is 4.79 Å². The Hall–Kier alpha value is -2.69. The monoisotopic (exact) mass is 341 g/mol. The molecule has 25 heavy (non-hydrogen) atoms. The van der Waals surface area contributed by atoms with Gasteiger partial charge in [0, 0.05) is 24.7 Å². The molecule has 5 heteroatoms. The summed E-state index contributed by atoms with van der Waals surface area (Å²) in [6.07, 6.45) is 1.53. The molecule has 132 valence electrons. The van der Waals surface area contributed by atoms with Crippen molar-refractivity contribution in [1.29, 1.82) is 0 Å². The number of ether oxygens (including phenoxy) is 3. The highest BCUT2D eigenvalue weighted by Gasteiger charge is 2.21. The van der Waals surface area contributed by atoms with Crippen molar-refractivity contribution in [1.82, 2.24) is 0 Å². The average molecular weight is 341 g/mol. The van der Waals surface area contributed by atoms with E-state index in [4.69, 9.17) is 14.2 Å². The number of benzene rings is 2. The Morgan fingerprint density at radius 2 is 1.84 bits per heavy atom. The molecule has 0 N–H and O–H groups in total. The maximum atomic E-state index is 11.9. The lowest BCUT2D eigenvalue weighted by atomic mass is 10.1. The average Bonchev–Trinajstić information content (AvgIpc) is 3.06. The molecule has 2 aromatic rings. The Morgan fingerprint density at radius 1 is 1.08 bits per heavy atom. The van der Waals surface area contributed by atoms with Crippen molar-refractivity contribution >= 4 is 11.6 Å². The normalized spacial score (nSPS) is 13.9. The maximum absolute atomic E-state index is 11.9. The van der Waals surface area contributed by atoms with Crippen molar-refractivity contribution in [3.05, 3.63) is 47.5 Å². The Bertz CT molecular complexity index is 772. The van der Waals surface area contributed by atoms with Gasteiger partial charge >= 0.3 is 0 Å². The first-order valence-electron chi connectivity index (χ1n) is 8.37. The van der Waals surface area contributed by atoms with E-state index in [0.717, 1.165) is 35.5 Å². The van der Waals surface area contributed by atoms with E-state index in [0.29, 0.717) is 24.5 Å². The summed E-state index contributed by atoms with van der Waals surface area (Å²) in [5, 5.41) is 0. The van der Waals surface area contributed by atoms with E-state index in [1.54, 1.807) is 14.2 Å². The second kappa shape index (κ2) is 7.47. The molecule has 0 aliphatic carbocycles. The highest BCUT2D eigenvalue weighted by atomic mass is 16.5. The van der Waals surface area contributed by atoms with Gasteiger partial charge in [0.1, 0.15) is 12.4 Å². The third kappa shape index (κ3) is 3.71. The van der Waals surface area contributed by atoms with E-state index >= 15 is 0 Å². The van der Waals surface area contributed by atoms with Gasteiger partial charge < -0.3 is 19.1 Å².